The number of Topliss-reactive ketones (excluding diaryl/α,β-unsaturated/α-hetero) is 1. The van der Waals surface area contributed by atoms with Crippen molar-refractivity contribution in [2.75, 3.05) is 7.11 Å². The molecule has 1 heterocycles. The van der Waals surface area contributed by atoms with E-state index >= 15 is 0 Å². The van der Waals surface area contributed by atoms with Crippen LogP contribution in [0, 0.1) is 5.92 Å². The molecule has 1 aliphatic rings. The lowest BCUT2D eigenvalue weighted by Crippen LogP contribution is -2.38. The highest BCUT2D eigenvalue weighted by atomic mass is 16.5. The maximum Gasteiger partial charge on any atom is 0.194 e. The van der Waals surface area contributed by atoms with Gasteiger partial charge in [-0.1, -0.05) is 32.0 Å². The van der Waals surface area contributed by atoms with E-state index < -0.39 is 0 Å². The van der Waals surface area contributed by atoms with Crippen molar-refractivity contribution in [3.63, 3.8) is 0 Å². The van der Waals surface area contributed by atoms with Gasteiger partial charge in [0.2, 0.25) is 0 Å². The smallest absolute Gasteiger partial charge is 0.194 e. The maximum absolute atomic E-state index is 12.5. The third-order valence-corrected chi connectivity index (χ3v) is 4.22. The molecule has 3 rings (SSSR count). The highest BCUT2D eigenvalue weighted by Gasteiger charge is 2.39. The summed E-state index contributed by atoms with van der Waals surface area (Å²) in [5, 5.41) is 1.01. The summed E-state index contributed by atoms with van der Waals surface area (Å²) in [6.07, 6.45) is -0.327. The summed E-state index contributed by atoms with van der Waals surface area (Å²) in [6.45, 7) is 4.22. The zero-order valence-electron chi connectivity index (χ0n) is 10.9. The number of fused-ring (bicyclic) bond motifs is 3. The van der Waals surface area contributed by atoms with Crippen LogP contribution in [0.4, 0.5) is 0 Å². The van der Waals surface area contributed by atoms with Gasteiger partial charge in [0.15, 0.2) is 5.78 Å². The van der Waals surface area contributed by atoms with Crippen molar-refractivity contribution in [1.29, 1.82) is 0 Å². The number of nitrogens with one attached hydrogen (secondary N) is 1. The monoisotopic (exact) mass is 243 g/mol. The second-order valence-electron chi connectivity index (χ2n) is 5.13. The molecule has 0 aliphatic heterocycles. The van der Waals surface area contributed by atoms with E-state index in [2.05, 4.69) is 18.8 Å². The fourth-order valence-corrected chi connectivity index (χ4v) is 3.00. The van der Waals surface area contributed by atoms with Crippen LogP contribution in [0.3, 0.4) is 0 Å². The molecule has 0 unspecified atom stereocenters. The lowest BCUT2D eigenvalue weighted by molar-refractivity contribution is 0.0346. The van der Waals surface area contributed by atoms with Crippen molar-refractivity contribution in [3.8, 4) is 0 Å². The summed E-state index contributed by atoms with van der Waals surface area (Å²) < 4.78 is 5.40. The molecule has 0 amide bonds. The molecule has 18 heavy (non-hydrogen) atoms. The summed E-state index contributed by atoms with van der Waals surface area (Å²) in [6, 6.07) is 7.96. The normalized spacial score (nSPS) is 27.5. The molecule has 0 radical (unpaired) electrons. The van der Waals surface area contributed by atoms with Crippen LogP contribution in [0.1, 0.15) is 35.8 Å². The standard InChI is InChI=1S/C15H17NO2/c1-8-9(2)15(18-3)14(17)12-10-6-4-5-7-11(10)16-13(8)12/h4-9,15-16H,1-3H3/t8-,9-,15-/m1/s1. The van der Waals surface area contributed by atoms with E-state index in [1.54, 1.807) is 7.11 Å². The quantitative estimate of drug-likeness (QED) is 0.836. The molecule has 0 fully saturated rings. The summed E-state index contributed by atoms with van der Waals surface area (Å²) in [5.41, 5.74) is 2.91. The number of aromatic amines is 1. The molecule has 1 aromatic carbocycles. The Hall–Kier alpha value is -1.61. The van der Waals surface area contributed by atoms with Gasteiger partial charge in [0, 0.05) is 35.2 Å². The van der Waals surface area contributed by atoms with Crippen molar-refractivity contribution in [3.05, 3.63) is 35.5 Å². The number of H-pyrrole nitrogens is 1. The first-order valence-corrected chi connectivity index (χ1v) is 6.32. The predicted molar refractivity (Wildman–Crippen MR) is 71.0 cm³/mol. The van der Waals surface area contributed by atoms with Crippen LogP contribution in [0.2, 0.25) is 0 Å². The third-order valence-electron chi connectivity index (χ3n) is 4.22. The molecule has 0 saturated carbocycles. The molecule has 3 heteroatoms. The second-order valence-corrected chi connectivity index (χ2v) is 5.13. The van der Waals surface area contributed by atoms with Crippen LogP contribution in [0.15, 0.2) is 24.3 Å². The number of carbonyl (C=O) groups is 1. The number of carbonyl (C=O) groups excluding carboxylic acids is 1. The summed E-state index contributed by atoms with van der Waals surface area (Å²) in [5.74, 6) is 0.605. The average Bonchev–Trinajstić information content (AvgIpc) is 2.76. The first-order chi connectivity index (χ1) is 8.65. The molecule has 2 aromatic rings. The van der Waals surface area contributed by atoms with E-state index in [1.807, 2.05) is 24.3 Å². The molecule has 0 spiro atoms. The van der Waals surface area contributed by atoms with Crippen molar-refractivity contribution in [2.45, 2.75) is 25.9 Å². The summed E-state index contributed by atoms with van der Waals surface area (Å²) >= 11 is 0. The minimum atomic E-state index is -0.327. The van der Waals surface area contributed by atoms with Crippen LogP contribution in [-0.2, 0) is 4.74 Å². The number of rotatable bonds is 1. The molecule has 1 aromatic heterocycles. The van der Waals surface area contributed by atoms with E-state index in [4.69, 9.17) is 4.74 Å². The van der Waals surface area contributed by atoms with Crippen LogP contribution >= 0.6 is 0 Å². The topological polar surface area (TPSA) is 42.1 Å². The van der Waals surface area contributed by atoms with Gasteiger partial charge in [-0.2, -0.15) is 0 Å². The van der Waals surface area contributed by atoms with Crippen molar-refractivity contribution in [2.24, 2.45) is 5.92 Å². The van der Waals surface area contributed by atoms with Gasteiger partial charge in [0.25, 0.3) is 0 Å². The Morgan fingerprint density at radius 3 is 2.67 bits per heavy atom. The Kier molecular flexibility index (Phi) is 2.52. The highest BCUT2D eigenvalue weighted by molar-refractivity contribution is 6.12. The zero-order chi connectivity index (χ0) is 12.9. The molecule has 3 atom stereocenters. The number of ether oxygens (including phenoxy) is 1. The van der Waals surface area contributed by atoms with Crippen LogP contribution in [0.25, 0.3) is 10.9 Å². The van der Waals surface area contributed by atoms with Gasteiger partial charge in [0.1, 0.15) is 6.10 Å². The van der Waals surface area contributed by atoms with Crippen molar-refractivity contribution < 1.29 is 9.53 Å². The van der Waals surface area contributed by atoms with Crippen molar-refractivity contribution in [1.82, 2.24) is 4.98 Å². The first kappa shape index (κ1) is 11.5. The number of benzene rings is 1. The Morgan fingerprint density at radius 2 is 1.94 bits per heavy atom. The average molecular weight is 243 g/mol. The molecule has 3 nitrogen and oxygen atoms in total. The number of hydrogen-bond acceptors (Lipinski definition) is 2. The van der Waals surface area contributed by atoms with Gasteiger partial charge >= 0.3 is 0 Å². The van der Waals surface area contributed by atoms with E-state index in [9.17, 15) is 4.79 Å². The van der Waals surface area contributed by atoms with Crippen molar-refractivity contribution >= 4 is 16.7 Å². The number of ketones is 1. The maximum atomic E-state index is 12.5. The Labute approximate surface area is 106 Å². The molecule has 0 saturated heterocycles. The number of hydrogen-bond donors (Lipinski definition) is 1. The molecule has 1 aliphatic carbocycles. The second kappa shape index (κ2) is 3.95. The predicted octanol–water partition coefficient (Wildman–Crippen LogP) is 3.12. The molecule has 94 valence electrons. The highest BCUT2D eigenvalue weighted by Crippen LogP contribution is 2.39. The summed E-state index contributed by atoms with van der Waals surface area (Å²) in [4.78, 5) is 15.9. The lowest BCUT2D eigenvalue weighted by Gasteiger charge is -2.31. The van der Waals surface area contributed by atoms with E-state index in [0.29, 0.717) is 5.92 Å². The van der Waals surface area contributed by atoms with Gasteiger partial charge in [-0.05, 0) is 12.0 Å². The minimum absolute atomic E-state index is 0.107. The van der Waals surface area contributed by atoms with Gasteiger partial charge in [-0.15, -0.1) is 0 Å². The number of aromatic nitrogens is 1. The van der Waals surface area contributed by atoms with Crippen LogP contribution in [0.5, 0.6) is 0 Å². The largest absolute Gasteiger partial charge is 0.373 e. The third kappa shape index (κ3) is 1.37. The Balaban J connectivity index is 2.29. The fraction of sp³-hybridized carbons (Fsp3) is 0.400. The molecular formula is C15H17NO2. The number of para-hydroxylation sites is 1. The molecule has 1 N–H and O–H groups in total. The zero-order valence-corrected chi connectivity index (χ0v) is 10.9. The molecule has 0 bridgehead atoms. The first-order valence-electron chi connectivity index (χ1n) is 6.32. The summed E-state index contributed by atoms with van der Waals surface area (Å²) in [7, 11) is 1.62. The minimum Gasteiger partial charge on any atom is -0.373 e. The van der Waals surface area contributed by atoms with Gasteiger partial charge in [-0.25, -0.2) is 0 Å². The van der Waals surface area contributed by atoms with Crippen LogP contribution in [-0.4, -0.2) is 24.0 Å². The lowest BCUT2D eigenvalue weighted by atomic mass is 9.77. The Morgan fingerprint density at radius 1 is 1.22 bits per heavy atom. The van der Waals surface area contributed by atoms with E-state index in [1.165, 1.54) is 0 Å². The number of methoxy groups -OCH3 is 1. The Bertz CT molecular complexity index is 614. The van der Waals surface area contributed by atoms with Gasteiger partial charge in [0.05, 0.1) is 0 Å². The SMILES string of the molecule is CO[C@H]1C(=O)c2c([nH]c3ccccc23)[C@H](C)[C@H]1C. The van der Waals surface area contributed by atoms with Crippen LogP contribution < -0.4 is 0 Å². The van der Waals surface area contributed by atoms with E-state index in [-0.39, 0.29) is 17.8 Å². The fourth-order valence-electron chi connectivity index (χ4n) is 3.00. The van der Waals surface area contributed by atoms with Gasteiger partial charge in [-0.3, -0.25) is 4.79 Å². The van der Waals surface area contributed by atoms with E-state index in [0.717, 1.165) is 22.2 Å². The molecular weight excluding hydrogens is 226 g/mol. The van der Waals surface area contributed by atoms with Gasteiger partial charge < -0.3 is 9.72 Å².